The third-order valence-electron chi connectivity index (χ3n) is 2.67. The molecule has 0 heterocycles. The first-order chi connectivity index (χ1) is 9.11. The number of nitrogens with zero attached hydrogens (tertiary/aromatic N) is 1. The van der Waals surface area contributed by atoms with Crippen molar-refractivity contribution in [3.05, 3.63) is 29.8 Å². The third-order valence-corrected chi connectivity index (χ3v) is 2.67. The van der Waals surface area contributed by atoms with Crippen LogP contribution >= 0.6 is 0 Å². The van der Waals surface area contributed by atoms with Crippen LogP contribution in [0.15, 0.2) is 29.4 Å². The van der Waals surface area contributed by atoms with E-state index in [1.807, 2.05) is 45.0 Å². The zero-order chi connectivity index (χ0) is 14.1. The Bertz CT molecular complexity index is 385. The van der Waals surface area contributed by atoms with Gasteiger partial charge in [-0.25, -0.2) is 0 Å². The summed E-state index contributed by atoms with van der Waals surface area (Å²) in [6.07, 6.45) is 1.87. The summed E-state index contributed by atoms with van der Waals surface area (Å²) in [6, 6.07) is 7.97. The molecule has 1 rings (SSSR count). The van der Waals surface area contributed by atoms with E-state index in [1.165, 1.54) is 5.56 Å². The van der Waals surface area contributed by atoms with Crippen LogP contribution in [0.3, 0.4) is 0 Å². The predicted molar refractivity (Wildman–Crippen MR) is 76.2 cm³/mol. The van der Waals surface area contributed by atoms with Gasteiger partial charge in [0.15, 0.2) is 0 Å². The second kappa shape index (κ2) is 8.53. The molecular formula is C15H23NO3. The molecule has 0 amide bonds. The van der Waals surface area contributed by atoms with Crippen LogP contribution in [0.4, 0.5) is 0 Å². The molecule has 1 N–H and O–H groups in total. The average molecular weight is 265 g/mol. The molecular weight excluding hydrogens is 242 g/mol. The van der Waals surface area contributed by atoms with E-state index in [4.69, 9.17) is 14.7 Å². The number of aryl methyl sites for hydroxylation is 1. The minimum absolute atomic E-state index is 0.238. The first-order valence-corrected chi connectivity index (χ1v) is 6.62. The van der Waals surface area contributed by atoms with Crippen molar-refractivity contribution >= 4 is 5.71 Å². The van der Waals surface area contributed by atoms with Crippen molar-refractivity contribution in [3.8, 4) is 5.75 Å². The fourth-order valence-corrected chi connectivity index (χ4v) is 1.57. The maximum absolute atomic E-state index is 8.57. The maximum atomic E-state index is 8.57. The van der Waals surface area contributed by atoms with Crippen LogP contribution in [0.5, 0.6) is 5.75 Å². The quantitative estimate of drug-likeness (QED) is 0.340. The summed E-state index contributed by atoms with van der Waals surface area (Å²) in [6.45, 7) is 6.99. The molecule has 4 heteroatoms. The highest BCUT2D eigenvalue weighted by Gasteiger charge is 1.99. The van der Waals surface area contributed by atoms with Gasteiger partial charge in [0.2, 0.25) is 0 Å². The van der Waals surface area contributed by atoms with Crippen molar-refractivity contribution in [1.82, 2.24) is 0 Å². The van der Waals surface area contributed by atoms with Gasteiger partial charge in [0.1, 0.15) is 12.4 Å². The molecule has 0 saturated heterocycles. The minimum Gasteiger partial charge on any atom is -0.491 e. The Balaban J connectivity index is 2.31. The molecule has 19 heavy (non-hydrogen) atoms. The van der Waals surface area contributed by atoms with Crippen molar-refractivity contribution in [2.45, 2.75) is 39.7 Å². The molecule has 106 valence electrons. The normalized spacial score (nSPS) is 11.9. The lowest BCUT2D eigenvalue weighted by Crippen LogP contribution is -2.11. The molecule has 0 spiro atoms. The molecule has 0 bridgehead atoms. The second-order valence-corrected chi connectivity index (χ2v) is 4.75. The molecule has 4 nitrogen and oxygen atoms in total. The van der Waals surface area contributed by atoms with Gasteiger partial charge in [-0.1, -0.05) is 17.3 Å². The molecule has 1 aromatic carbocycles. The summed E-state index contributed by atoms with van der Waals surface area (Å²) in [7, 11) is 0. The van der Waals surface area contributed by atoms with Crippen molar-refractivity contribution in [2.24, 2.45) is 5.16 Å². The van der Waals surface area contributed by atoms with Crippen LogP contribution < -0.4 is 4.74 Å². The van der Waals surface area contributed by atoms with Crippen LogP contribution in [0, 0.1) is 0 Å². The van der Waals surface area contributed by atoms with Crippen LogP contribution in [0.1, 0.15) is 32.8 Å². The number of hydrogen-bond acceptors (Lipinski definition) is 4. The second-order valence-electron chi connectivity index (χ2n) is 4.75. The zero-order valence-corrected chi connectivity index (χ0v) is 11.9. The highest BCUT2D eigenvalue weighted by atomic mass is 16.5. The molecule has 0 radical (unpaired) electrons. The molecule has 0 fully saturated rings. The summed E-state index contributed by atoms with van der Waals surface area (Å²) in [5.74, 6) is 0.851. The standard InChI is InChI=1S/C15H23NO3/c1-12(2)18-10-11-19-15-8-6-14(7-9-15)5-4-13(3)16-17/h6-9,12,17H,4-5,10-11H2,1-3H3/b16-13+. The Morgan fingerprint density at radius 2 is 1.89 bits per heavy atom. The molecule has 1 aromatic rings. The van der Waals surface area contributed by atoms with E-state index in [-0.39, 0.29) is 6.10 Å². The number of rotatable bonds is 8. The Hall–Kier alpha value is -1.55. The van der Waals surface area contributed by atoms with Gasteiger partial charge in [-0.15, -0.1) is 0 Å². The number of oxime groups is 1. The third kappa shape index (κ3) is 6.82. The largest absolute Gasteiger partial charge is 0.491 e. The van der Waals surface area contributed by atoms with Crippen molar-refractivity contribution in [2.75, 3.05) is 13.2 Å². The number of hydrogen-bond donors (Lipinski definition) is 1. The van der Waals surface area contributed by atoms with Gasteiger partial charge in [-0.05, 0) is 51.3 Å². The fraction of sp³-hybridized carbons (Fsp3) is 0.533. The summed E-state index contributed by atoms with van der Waals surface area (Å²) in [4.78, 5) is 0. The van der Waals surface area contributed by atoms with Gasteiger partial charge < -0.3 is 14.7 Å². The lowest BCUT2D eigenvalue weighted by Gasteiger charge is -2.09. The molecule has 0 aliphatic heterocycles. The number of ether oxygens (including phenoxy) is 2. The smallest absolute Gasteiger partial charge is 0.119 e. The highest BCUT2D eigenvalue weighted by Crippen LogP contribution is 2.13. The van der Waals surface area contributed by atoms with Crippen molar-refractivity contribution in [3.63, 3.8) is 0 Å². The molecule has 0 aromatic heterocycles. The minimum atomic E-state index is 0.238. The van der Waals surface area contributed by atoms with Crippen LogP contribution in [-0.2, 0) is 11.2 Å². The zero-order valence-electron chi connectivity index (χ0n) is 11.9. The van der Waals surface area contributed by atoms with Gasteiger partial charge in [0, 0.05) is 0 Å². The predicted octanol–water partition coefficient (Wildman–Crippen LogP) is 3.27. The van der Waals surface area contributed by atoms with Gasteiger partial charge >= 0.3 is 0 Å². The lowest BCUT2D eigenvalue weighted by molar-refractivity contribution is 0.0552. The van der Waals surface area contributed by atoms with E-state index < -0.39 is 0 Å². The van der Waals surface area contributed by atoms with E-state index in [1.54, 1.807) is 0 Å². The molecule has 0 aliphatic rings. The van der Waals surface area contributed by atoms with E-state index in [2.05, 4.69) is 5.16 Å². The van der Waals surface area contributed by atoms with Gasteiger partial charge in [0.25, 0.3) is 0 Å². The molecule has 0 aliphatic carbocycles. The maximum Gasteiger partial charge on any atom is 0.119 e. The molecule has 0 atom stereocenters. The fourth-order valence-electron chi connectivity index (χ4n) is 1.57. The average Bonchev–Trinajstić information content (AvgIpc) is 2.42. The Morgan fingerprint density at radius 3 is 2.47 bits per heavy atom. The highest BCUT2D eigenvalue weighted by molar-refractivity contribution is 5.81. The SMILES string of the molecule is C/C(CCc1ccc(OCCOC(C)C)cc1)=N\O. The Morgan fingerprint density at radius 1 is 1.21 bits per heavy atom. The monoisotopic (exact) mass is 265 g/mol. The van der Waals surface area contributed by atoms with Gasteiger partial charge in [-0.2, -0.15) is 0 Å². The van der Waals surface area contributed by atoms with Gasteiger partial charge in [-0.3, -0.25) is 0 Å². The lowest BCUT2D eigenvalue weighted by atomic mass is 10.1. The van der Waals surface area contributed by atoms with Crippen LogP contribution in [0.25, 0.3) is 0 Å². The van der Waals surface area contributed by atoms with Crippen molar-refractivity contribution in [1.29, 1.82) is 0 Å². The van der Waals surface area contributed by atoms with Crippen molar-refractivity contribution < 1.29 is 14.7 Å². The molecule has 0 saturated carbocycles. The Kier molecular flexibility index (Phi) is 6.97. The topological polar surface area (TPSA) is 51.0 Å². The summed E-state index contributed by atoms with van der Waals surface area (Å²) in [5.41, 5.74) is 1.94. The van der Waals surface area contributed by atoms with E-state index in [0.717, 1.165) is 24.3 Å². The first-order valence-electron chi connectivity index (χ1n) is 6.62. The van der Waals surface area contributed by atoms with E-state index in [0.29, 0.717) is 13.2 Å². The van der Waals surface area contributed by atoms with E-state index in [9.17, 15) is 0 Å². The summed E-state index contributed by atoms with van der Waals surface area (Å²) in [5, 5.41) is 11.7. The van der Waals surface area contributed by atoms with E-state index >= 15 is 0 Å². The summed E-state index contributed by atoms with van der Waals surface area (Å²) >= 11 is 0. The Labute approximate surface area is 115 Å². The summed E-state index contributed by atoms with van der Waals surface area (Å²) < 4.78 is 11.0. The van der Waals surface area contributed by atoms with Crippen LogP contribution in [0.2, 0.25) is 0 Å². The molecule has 0 unspecified atom stereocenters. The first kappa shape index (κ1) is 15.5. The van der Waals surface area contributed by atoms with Gasteiger partial charge in [0.05, 0.1) is 18.4 Å². The van der Waals surface area contributed by atoms with Crippen LogP contribution in [-0.4, -0.2) is 30.2 Å². The number of benzene rings is 1.